The Hall–Kier alpha value is -0.500. The topological polar surface area (TPSA) is 131 Å². The minimum atomic E-state index is -4.31. The molecule has 1 amide bonds. The molecule has 3 atom stereocenters. The number of rotatable bonds is 51. The molecule has 0 aliphatic rings. The number of hydrogen-bond acceptors (Lipinski definition) is 6. The lowest BCUT2D eigenvalue weighted by Crippen LogP contribution is -2.46. The molecule has 0 saturated carbocycles. The molecule has 360 valence electrons. The van der Waals surface area contributed by atoms with Gasteiger partial charge in [0, 0.05) is 13.0 Å². The van der Waals surface area contributed by atoms with Crippen molar-refractivity contribution in [1.29, 1.82) is 0 Å². The molecule has 8 nitrogen and oxygen atoms in total. The maximum absolute atomic E-state index is 12.8. The van der Waals surface area contributed by atoms with Crippen LogP contribution in [0, 0.1) is 0 Å². The van der Waals surface area contributed by atoms with Gasteiger partial charge >= 0.3 is 7.82 Å². The van der Waals surface area contributed by atoms with Crippen molar-refractivity contribution < 1.29 is 28.4 Å². The fraction of sp³-hybridized carbons (Fsp3) is 0.980. The fourth-order valence-electron chi connectivity index (χ4n) is 8.44. The highest BCUT2D eigenvalue weighted by Crippen LogP contribution is 2.43. The molecule has 0 rings (SSSR count). The zero-order valence-corrected chi connectivity index (χ0v) is 41.1. The van der Waals surface area contributed by atoms with Gasteiger partial charge in [0.15, 0.2) is 0 Å². The third-order valence-electron chi connectivity index (χ3n) is 12.5. The maximum Gasteiger partial charge on any atom is 0.472 e. The van der Waals surface area contributed by atoms with Gasteiger partial charge in [-0.25, -0.2) is 4.57 Å². The standard InChI is InChI=1S/C51H105N2O6P/c1-3-5-7-9-11-13-14-15-16-17-18-19-20-21-22-23-24-25-26-27-28-29-30-31-32-33-34-35-37-39-41-43-45-51(55)53-49(48-59-60(56,57)58-47-46-52)50(54)44-42-40-38-36-12-10-8-6-4-2/h49-50,54H,3-48,52H2,1-2H3,(H,53,55)(H,56,57)/t49-,50+/m0/s1. The Labute approximate surface area is 373 Å². The SMILES string of the molecule is CCCCCCCCCCCCCCCCCCCCCCCCCCCCCCCCCCC(=O)N[C@@H](COP(=O)(O)OCCN)[C@H](O)CCCCCCCCCCC. The van der Waals surface area contributed by atoms with Gasteiger partial charge < -0.3 is 21.1 Å². The molecule has 0 fully saturated rings. The average Bonchev–Trinajstić information content (AvgIpc) is 3.24. The summed E-state index contributed by atoms with van der Waals surface area (Å²) >= 11 is 0. The molecule has 9 heteroatoms. The van der Waals surface area contributed by atoms with Crippen molar-refractivity contribution in [2.45, 2.75) is 302 Å². The van der Waals surface area contributed by atoms with Crippen molar-refractivity contribution in [3.05, 3.63) is 0 Å². The second-order valence-corrected chi connectivity index (χ2v) is 19.9. The molecular weight excluding hydrogens is 768 g/mol. The Bertz CT molecular complexity index is 911. The Kier molecular flexibility index (Phi) is 47.6. The zero-order chi connectivity index (χ0) is 43.9. The van der Waals surface area contributed by atoms with E-state index < -0.39 is 20.0 Å². The van der Waals surface area contributed by atoms with E-state index in [1.807, 2.05) is 0 Å². The van der Waals surface area contributed by atoms with Crippen LogP contribution in [0.15, 0.2) is 0 Å². The first-order chi connectivity index (χ1) is 29.4. The number of carbonyl (C=O) groups is 1. The van der Waals surface area contributed by atoms with Crippen molar-refractivity contribution in [2.75, 3.05) is 19.8 Å². The van der Waals surface area contributed by atoms with E-state index in [1.165, 1.54) is 225 Å². The van der Waals surface area contributed by atoms with E-state index in [0.717, 1.165) is 38.5 Å². The number of nitrogens with one attached hydrogen (secondary N) is 1. The molecule has 0 aromatic rings. The first-order valence-corrected chi connectivity index (χ1v) is 28.1. The fourth-order valence-corrected chi connectivity index (χ4v) is 9.19. The number of carbonyl (C=O) groups excluding carboxylic acids is 1. The van der Waals surface area contributed by atoms with Crippen LogP contribution >= 0.6 is 7.82 Å². The van der Waals surface area contributed by atoms with Crippen LogP contribution in [-0.4, -0.2) is 47.8 Å². The second kappa shape index (κ2) is 48.0. The summed E-state index contributed by atoms with van der Waals surface area (Å²) in [5, 5.41) is 13.8. The normalized spacial score (nSPS) is 13.8. The summed E-state index contributed by atoms with van der Waals surface area (Å²) in [5.41, 5.74) is 5.38. The number of unbranched alkanes of at least 4 members (excludes halogenated alkanes) is 39. The number of aliphatic hydroxyl groups is 1. The van der Waals surface area contributed by atoms with Gasteiger partial charge in [-0.2, -0.15) is 0 Å². The van der Waals surface area contributed by atoms with Crippen LogP contribution in [0.2, 0.25) is 0 Å². The molecule has 60 heavy (non-hydrogen) atoms. The number of phosphoric acid groups is 1. The second-order valence-electron chi connectivity index (χ2n) is 18.5. The van der Waals surface area contributed by atoms with Gasteiger partial charge in [0.2, 0.25) is 5.91 Å². The predicted molar refractivity (Wildman–Crippen MR) is 259 cm³/mol. The molecule has 0 heterocycles. The minimum Gasteiger partial charge on any atom is -0.391 e. The van der Waals surface area contributed by atoms with Gasteiger partial charge in [-0.15, -0.1) is 0 Å². The highest BCUT2D eigenvalue weighted by Gasteiger charge is 2.27. The molecule has 5 N–H and O–H groups in total. The summed E-state index contributed by atoms with van der Waals surface area (Å²) < 4.78 is 22.2. The van der Waals surface area contributed by atoms with Crippen molar-refractivity contribution in [2.24, 2.45) is 5.73 Å². The van der Waals surface area contributed by atoms with Crippen LogP contribution in [0.1, 0.15) is 290 Å². The first-order valence-electron chi connectivity index (χ1n) is 26.7. The highest BCUT2D eigenvalue weighted by atomic mass is 31.2. The largest absolute Gasteiger partial charge is 0.472 e. The zero-order valence-electron chi connectivity index (χ0n) is 40.2. The van der Waals surface area contributed by atoms with E-state index in [-0.39, 0.29) is 25.7 Å². The van der Waals surface area contributed by atoms with E-state index in [4.69, 9.17) is 14.8 Å². The number of amides is 1. The van der Waals surface area contributed by atoms with E-state index >= 15 is 0 Å². The molecule has 0 spiro atoms. The van der Waals surface area contributed by atoms with Crippen molar-refractivity contribution >= 4 is 13.7 Å². The van der Waals surface area contributed by atoms with Gasteiger partial charge in [0.25, 0.3) is 0 Å². The molecular formula is C51H105N2O6P. The maximum atomic E-state index is 12.8. The van der Waals surface area contributed by atoms with E-state index in [1.54, 1.807) is 0 Å². The highest BCUT2D eigenvalue weighted by molar-refractivity contribution is 7.47. The van der Waals surface area contributed by atoms with Gasteiger partial charge in [0.1, 0.15) is 0 Å². The lowest BCUT2D eigenvalue weighted by atomic mass is 10.0. The summed E-state index contributed by atoms with van der Waals surface area (Å²) in [6, 6.07) is -0.767. The average molecular weight is 873 g/mol. The first kappa shape index (κ1) is 59.5. The van der Waals surface area contributed by atoms with E-state index in [2.05, 4.69) is 19.2 Å². The summed E-state index contributed by atoms with van der Waals surface area (Å²) in [7, 11) is -4.31. The lowest BCUT2D eigenvalue weighted by Gasteiger charge is -2.25. The Morgan fingerprint density at radius 3 is 1.07 bits per heavy atom. The van der Waals surface area contributed by atoms with Gasteiger partial charge in [0.05, 0.1) is 25.4 Å². The Morgan fingerprint density at radius 1 is 0.483 bits per heavy atom. The Morgan fingerprint density at radius 2 is 0.767 bits per heavy atom. The minimum absolute atomic E-state index is 0.0923. The lowest BCUT2D eigenvalue weighted by molar-refractivity contribution is -0.123. The number of hydrogen-bond donors (Lipinski definition) is 4. The number of nitrogens with two attached hydrogens (primary N) is 1. The molecule has 0 saturated heterocycles. The third kappa shape index (κ3) is 45.5. The van der Waals surface area contributed by atoms with E-state index in [0.29, 0.717) is 12.8 Å². The van der Waals surface area contributed by atoms with Crippen molar-refractivity contribution in [1.82, 2.24) is 5.32 Å². The van der Waals surface area contributed by atoms with Gasteiger partial charge in [-0.1, -0.05) is 271 Å². The Balaban J connectivity index is 3.72. The van der Waals surface area contributed by atoms with Gasteiger partial charge in [-0.05, 0) is 12.8 Å². The van der Waals surface area contributed by atoms with E-state index in [9.17, 15) is 19.4 Å². The number of aliphatic hydroxyl groups excluding tert-OH is 1. The molecule has 1 unspecified atom stereocenters. The molecule has 0 bridgehead atoms. The number of phosphoric ester groups is 1. The third-order valence-corrected chi connectivity index (χ3v) is 13.4. The van der Waals surface area contributed by atoms with Crippen LogP contribution in [0.25, 0.3) is 0 Å². The molecule has 0 aromatic heterocycles. The molecule has 0 aliphatic carbocycles. The quantitative estimate of drug-likeness (QED) is 0.0354. The van der Waals surface area contributed by atoms with Crippen molar-refractivity contribution in [3.63, 3.8) is 0 Å². The van der Waals surface area contributed by atoms with Crippen LogP contribution in [0.4, 0.5) is 0 Å². The monoisotopic (exact) mass is 873 g/mol. The van der Waals surface area contributed by atoms with Crippen LogP contribution < -0.4 is 11.1 Å². The molecule has 0 aliphatic heterocycles. The summed E-state index contributed by atoms with van der Waals surface area (Å²) in [6.07, 6.45) is 54.6. The smallest absolute Gasteiger partial charge is 0.391 e. The van der Waals surface area contributed by atoms with Crippen LogP contribution in [-0.2, 0) is 18.4 Å². The molecule has 0 radical (unpaired) electrons. The predicted octanol–water partition coefficient (Wildman–Crippen LogP) is 15.7. The molecule has 0 aromatic carbocycles. The van der Waals surface area contributed by atoms with Gasteiger partial charge in [-0.3, -0.25) is 13.8 Å². The van der Waals surface area contributed by atoms with Crippen LogP contribution in [0.3, 0.4) is 0 Å². The van der Waals surface area contributed by atoms with Crippen molar-refractivity contribution in [3.8, 4) is 0 Å². The van der Waals surface area contributed by atoms with Crippen LogP contribution in [0.5, 0.6) is 0 Å². The summed E-state index contributed by atoms with van der Waals surface area (Å²) in [4.78, 5) is 22.7. The summed E-state index contributed by atoms with van der Waals surface area (Å²) in [5.74, 6) is -0.157. The summed E-state index contributed by atoms with van der Waals surface area (Å²) in [6.45, 7) is 4.22.